The van der Waals surface area contributed by atoms with E-state index in [1.54, 1.807) is 14.2 Å². The SMILES string of the molecule is CC.CCC.CCC.COC. The molecule has 0 aliphatic heterocycles. The molecule has 0 saturated carbocycles. The van der Waals surface area contributed by atoms with Gasteiger partial charge in [0.1, 0.15) is 0 Å². The molecule has 0 aliphatic carbocycles. The molecule has 0 spiro atoms. The van der Waals surface area contributed by atoms with E-state index in [4.69, 9.17) is 0 Å². The van der Waals surface area contributed by atoms with E-state index in [0.717, 1.165) is 0 Å². The molecular formula is C10H28O. The predicted molar refractivity (Wildman–Crippen MR) is 56.2 cm³/mol. The van der Waals surface area contributed by atoms with Crippen LogP contribution in [0.3, 0.4) is 0 Å². The van der Waals surface area contributed by atoms with Gasteiger partial charge in [0, 0.05) is 14.2 Å². The van der Waals surface area contributed by atoms with Crippen molar-refractivity contribution in [1.29, 1.82) is 0 Å². The molecule has 0 rings (SSSR count). The molecule has 0 bridgehead atoms. The minimum Gasteiger partial charge on any atom is -0.388 e. The summed E-state index contributed by atoms with van der Waals surface area (Å²) in [6, 6.07) is 0. The second-order valence-electron chi connectivity index (χ2n) is 1.82. The first-order valence-electron chi connectivity index (χ1n) is 4.64. The second-order valence-corrected chi connectivity index (χ2v) is 1.82. The van der Waals surface area contributed by atoms with E-state index >= 15 is 0 Å². The van der Waals surface area contributed by atoms with Gasteiger partial charge in [-0.1, -0.05) is 54.4 Å². The minimum atomic E-state index is 1.25. The van der Waals surface area contributed by atoms with E-state index in [1.165, 1.54) is 12.8 Å². The van der Waals surface area contributed by atoms with Crippen LogP contribution >= 0.6 is 0 Å². The zero-order chi connectivity index (χ0) is 10.1. The molecule has 0 aromatic heterocycles. The summed E-state index contributed by atoms with van der Waals surface area (Å²) in [5.41, 5.74) is 0. The van der Waals surface area contributed by atoms with Crippen LogP contribution < -0.4 is 0 Å². The molecule has 0 atom stereocenters. The van der Waals surface area contributed by atoms with Crippen molar-refractivity contribution in [2.75, 3.05) is 14.2 Å². The Labute approximate surface area is 74.2 Å². The zero-order valence-corrected chi connectivity index (χ0v) is 9.82. The molecule has 0 N–H and O–H groups in total. The summed E-state index contributed by atoms with van der Waals surface area (Å²) >= 11 is 0. The number of ether oxygens (including phenoxy) is 1. The Hall–Kier alpha value is -0.0400. The average Bonchev–Trinajstić information content (AvgIpc) is 1.96. The third-order valence-electron chi connectivity index (χ3n) is 0. The summed E-state index contributed by atoms with van der Waals surface area (Å²) in [5.74, 6) is 0. The maximum atomic E-state index is 4.25. The highest BCUT2D eigenvalue weighted by molar-refractivity contribution is 3.92. The van der Waals surface area contributed by atoms with Crippen LogP contribution in [0.25, 0.3) is 0 Å². The van der Waals surface area contributed by atoms with Crippen LogP contribution in [0.4, 0.5) is 0 Å². The fourth-order valence-corrected chi connectivity index (χ4v) is 0. The fraction of sp³-hybridized carbons (Fsp3) is 1.00. The van der Waals surface area contributed by atoms with E-state index in [-0.39, 0.29) is 0 Å². The molecule has 1 nitrogen and oxygen atoms in total. The number of hydrogen-bond donors (Lipinski definition) is 0. The first kappa shape index (κ1) is 22.4. The maximum absolute atomic E-state index is 4.25. The van der Waals surface area contributed by atoms with Crippen molar-refractivity contribution in [2.45, 2.75) is 54.4 Å². The van der Waals surface area contributed by atoms with Crippen molar-refractivity contribution < 1.29 is 4.74 Å². The van der Waals surface area contributed by atoms with E-state index in [2.05, 4.69) is 32.4 Å². The second kappa shape index (κ2) is 91.3. The Morgan fingerprint density at radius 3 is 0.727 bits per heavy atom. The number of hydrogen-bond acceptors (Lipinski definition) is 1. The molecule has 11 heavy (non-hydrogen) atoms. The summed E-state index contributed by atoms with van der Waals surface area (Å²) in [5, 5.41) is 0. The lowest BCUT2D eigenvalue weighted by Crippen LogP contribution is -1.55. The first-order chi connectivity index (χ1) is 5.24. The van der Waals surface area contributed by atoms with Crippen molar-refractivity contribution in [1.82, 2.24) is 0 Å². The summed E-state index contributed by atoms with van der Waals surface area (Å²) < 4.78 is 4.25. The topological polar surface area (TPSA) is 9.23 Å². The lowest BCUT2D eigenvalue weighted by atomic mass is 10.6. The largest absolute Gasteiger partial charge is 0.388 e. The molecule has 74 valence electrons. The van der Waals surface area contributed by atoms with Gasteiger partial charge in [-0.25, -0.2) is 0 Å². The van der Waals surface area contributed by atoms with Gasteiger partial charge in [0.25, 0.3) is 0 Å². The first-order valence-corrected chi connectivity index (χ1v) is 4.64. The van der Waals surface area contributed by atoms with Crippen LogP contribution in [0, 0.1) is 0 Å². The lowest BCUT2D eigenvalue weighted by Gasteiger charge is -1.61. The monoisotopic (exact) mass is 164 g/mol. The van der Waals surface area contributed by atoms with E-state index in [9.17, 15) is 0 Å². The normalized spacial score (nSPS) is 5.45. The minimum absolute atomic E-state index is 1.25. The highest BCUT2D eigenvalue weighted by atomic mass is 16.4. The van der Waals surface area contributed by atoms with Gasteiger partial charge in [0.15, 0.2) is 0 Å². The Kier molecular flexibility index (Phi) is 186. The molecule has 1 heteroatoms. The average molecular weight is 164 g/mol. The zero-order valence-electron chi connectivity index (χ0n) is 9.82. The Morgan fingerprint density at radius 2 is 0.727 bits per heavy atom. The van der Waals surface area contributed by atoms with Gasteiger partial charge in [-0.2, -0.15) is 0 Å². The molecule has 0 amide bonds. The summed E-state index contributed by atoms with van der Waals surface area (Å²) in [6.07, 6.45) is 2.50. The molecule has 0 aromatic rings. The van der Waals surface area contributed by atoms with Crippen molar-refractivity contribution in [3.05, 3.63) is 0 Å². The molecule has 0 radical (unpaired) electrons. The van der Waals surface area contributed by atoms with Crippen molar-refractivity contribution >= 4 is 0 Å². The maximum Gasteiger partial charge on any atom is 0.0351 e. The molecule has 0 fully saturated rings. The predicted octanol–water partition coefficient (Wildman–Crippen LogP) is 4.12. The quantitative estimate of drug-likeness (QED) is 0.523. The van der Waals surface area contributed by atoms with Crippen molar-refractivity contribution in [3.8, 4) is 0 Å². The van der Waals surface area contributed by atoms with Crippen LogP contribution in [0.15, 0.2) is 0 Å². The number of methoxy groups -OCH3 is 1. The standard InChI is InChI=1S/2C3H8.C2H6O.C2H6/c3*1-3-2;1-2/h2*3H2,1-2H3;1-2H3;1-2H3. The van der Waals surface area contributed by atoms with Gasteiger partial charge in [-0.15, -0.1) is 0 Å². The molecule has 0 aromatic carbocycles. The van der Waals surface area contributed by atoms with Crippen LogP contribution in [0.5, 0.6) is 0 Å². The lowest BCUT2D eigenvalue weighted by molar-refractivity contribution is 0.277. The van der Waals surface area contributed by atoms with Gasteiger partial charge >= 0.3 is 0 Å². The third kappa shape index (κ3) is 394000. The molecule has 0 unspecified atom stereocenters. The van der Waals surface area contributed by atoms with Crippen LogP contribution in [0.2, 0.25) is 0 Å². The van der Waals surface area contributed by atoms with Crippen LogP contribution in [-0.4, -0.2) is 14.2 Å². The van der Waals surface area contributed by atoms with Gasteiger partial charge in [-0.3, -0.25) is 0 Å². The molecular weight excluding hydrogens is 136 g/mol. The van der Waals surface area contributed by atoms with Gasteiger partial charge in [-0.05, 0) is 0 Å². The van der Waals surface area contributed by atoms with E-state index in [1.807, 2.05) is 13.8 Å². The third-order valence-corrected chi connectivity index (χ3v) is 0. The summed E-state index contributed by atoms with van der Waals surface area (Å²) in [4.78, 5) is 0. The number of rotatable bonds is 0. The Bertz CT molecular complexity index is 9.59. The highest BCUT2D eigenvalue weighted by Gasteiger charge is 1.36. The van der Waals surface area contributed by atoms with Crippen molar-refractivity contribution in [3.63, 3.8) is 0 Å². The van der Waals surface area contributed by atoms with Crippen molar-refractivity contribution in [2.24, 2.45) is 0 Å². The molecule has 0 heterocycles. The Balaban J connectivity index is -0.0000000301. The van der Waals surface area contributed by atoms with E-state index < -0.39 is 0 Å². The summed E-state index contributed by atoms with van der Waals surface area (Å²) in [7, 11) is 3.25. The van der Waals surface area contributed by atoms with Crippen LogP contribution in [-0.2, 0) is 4.74 Å². The smallest absolute Gasteiger partial charge is 0.0351 e. The van der Waals surface area contributed by atoms with Gasteiger partial charge in [0.2, 0.25) is 0 Å². The Morgan fingerprint density at radius 1 is 0.727 bits per heavy atom. The molecule has 0 aliphatic rings. The fourth-order valence-electron chi connectivity index (χ4n) is 0. The van der Waals surface area contributed by atoms with Crippen LogP contribution in [0.1, 0.15) is 54.4 Å². The summed E-state index contributed by atoms with van der Waals surface area (Å²) in [6.45, 7) is 12.5. The highest BCUT2D eigenvalue weighted by Crippen LogP contribution is 1.56. The van der Waals surface area contributed by atoms with Gasteiger partial charge in [0.05, 0.1) is 0 Å². The van der Waals surface area contributed by atoms with Gasteiger partial charge < -0.3 is 4.74 Å². The van der Waals surface area contributed by atoms with E-state index in [0.29, 0.717) is 0 Å². The molecule has 0 saturated heterocycles.